The van der Waals surface area contributed by atoms with E-state index in [2.05, 4.69) is 20.2 Å². The number of nitrogens with one attached hydrogen (secondary N) is 2. The van der Waals surface area contributed by atoms with Crippen LogP contribution >= 0.6 is 0 Å². The third kappa shape index (κ3) is 4.41. The Kier molecular flexibility index (Phi) is 5.01. The molecule has 0 spiro atoms. The lowest BCUT2D eigenvalue weighted by molar-refractivity contribution is 0.174. The zero-order valence-corrected chi connectivity index (χ0v) is 13.8. The average Bonchev–Trinajstić information content (AvgIpc) is 2.83. The van der Waals surface area contributed by atoms with E-state index in [0.29, 0.717) is 18.9 Å². The second-order valence-corrected chi connectivity index (χ2v) is 7.43. The lowest BCUT2D eigenvalue weighted by Gasteiger charge is -2.33. The van der Waals surface area contributed by atoms with Gasteiger partial charge >= 0.3 is 6.03 Å². The fraction of sp³-hybridized carbons (Fsp3) is 0.750. The smallest absolute Gasteiger partial charge is 0.318 e. The van der Waals surface area contributed by atoms with Crippen LogP contribution < -0.4 is 10.0 Å². The molecule has 1 aliphatic rings. The van der Waals surface area contributed by atoms with Crippen molar-refractivity contribution in [2.24, 2.45) is 7.05 Å². The van der Waals surface area contributed by atoms with Gasteiger partial charge < -0.3 is 14.8 Å². The first-order chi connectivity index (χ1) is 10.3. The summed E-state index contributed by atoms with van der Waals surface area (Å²) >= 11 is 0. The number of aryl methyl sites for hydroxylation is 1. The van der Waals surface area contributed by atoms with Gasteiger partial charge in [-0.15, -0.1) is 10.2 Å². The van der Waals surface area contributed by atoms with Gasteiger partial charge in [-0.25, -0.2) is 17.9 Å². The summed E-state index contributed by atoms with van der Waals surface area (Å²) in [6.07, 6.45) is 4.20. The average molecular weight is 330 g/mol. The number of piperidine rings is 1. The van der Waals surface area contributed by atoms with Gasteiger partial charge in [0.25, 0.3) is 0 Å². The molecule has 10 heteroatoms. The van der Waals surface area contributed by atoms with E-state index in [4.69, 9.17) is 0 Å². The predicted octanol–water partition coefficient (Wildman–Crippen LogP) is -0.401. The molecule has 1 aliphatic heterocycles. The molecule has 1 fully saturated rings. The summed E-state index contributed by atoms with van der Waals surface area (Å²) in [5.74, 6) is 0.663. The summed E-state index contributed by atoms with van der Waals surface area (Å²) in [6, 6.07) is -0.738. The summed E-state index contributed by atoms with van der Waals surface area (Å²) in [6.45, 7) is 2.81. The van der Waals surface area contributed by atoms with E-state index in [1.165, 1.54) is 0 Å². The molecule has 0 bridgehead atoms. The SMILES string of the molecule is C[C@@H](NC(=O)N1CCC[C@H](NS(C)(=O)=O)C1)c1nncn1C. The number of urea groups is 1. The van der Waals surface area contributed by atoms with Crippen molar-refractivity contribution in [3.05, 3.63) is 12.2 Å². The predicted molar refractivity (Wildman–Crippen MR) is 80.5 cm³/mol. The maximum atomic E-state index is 12.3. The molecule has 124 valence electrons. The molecule has 0 unspecified atom stereocenters. The highest BCUT2D eigenvalue weighted by Crippen LogP contribution is 2.13. The van der Waals surface area contributed by atoms with Crippen LogP contribution in [0.25, 0.3) is 0 Å². The number of sulfonamides is 1. The minimum absolute atomic E-state index is 0.226. The quantitative estimate of drug-likeness (QED) is 0.781. The molecule has 0 radical (unpaired) electrons. The first-order valence-electron chi connectivity index (χ1n) is 7.13. The van der Waals surface area contributed by atoms with Crippen LogP contribution in [-0.4, -0.2) is 59.5 Å². The molecule has 1 aromatic rings. The minimum Gasteiger partial charge on any atom is -0.328 e. The highest BCUT2D eigenvalue weighted by molar-refractivity contribution is 7.88. The van der Waals surface area contributed by atoms with Crippen LogP contribution in [0, 0.1) is 0 Å². The number of hydrogen-bond donors (Lipinski definition) is 2. The third-order valence-electron chi connectivity index (χ3n) is 3.56. The van der Waals surface area contributed by atoms with E-state index in [-0.39, 0.29) is 18.1 Å². The lowest BCUT2D eigenvalue weighted by atomic mass is 10.1. The first kappa shape index (κ1) is 16.7. The van der Waals surface area contributed by atoms with Crippen molar-refractivity contribution in [3.8, 4) is 0 Å². The van der Waals surface area contributed by atoms with E-state index in [9.17, 15) is 13.2 Å². The molecule has 9 nitrogen and oxygen atoms in total. The zero-order chi connectivity index (χ0) is 16.3. The highest BCUT2D eigenvalue weighted by Gasteiger charge is 2.26. The number of amides is 2. The summed E-state index contributed by atoms with van der Waals surface area (Å²) in [5, 5.41) is 10.6. The maximum absolute atomic E-state index is 12.3. The minimum atomic E-state index is -3.27. The fourth-order valence-electron chi connectivity index (χ4n) is 2.59. The Labute approximate surface area is 130 Å². The molecule has 2 amide bonds. The number of carbonyl (C=O) groups excluding carboxylic acids is 1. The van der Waals surface area contributed by atoms with Gasteiger partial charge in [0.05, 0.1) is 12.3 Å². The number of rotatable bonds is 4. The van der Waals surface area contributed by atoms with Gasteiger partial charge in [0.15, 0.2) is 5.82 Å². The second kappa shape index (κ2) is 6.61. The number of likely N-dealkylation sites (tertiary alicyclic amines) is 1. The summed E-state index contributed by atoms with van der Waals surface area (Å²) in [7, 11) is -1.46. The Bertz CT molecular complexity index is 629. The van der Waals surface area contributed by atoms with Crippen molar-refractivity contribution >= 4 is 16.1 Å². The number of nitrogens with zero attached hydrogens (tertiary/aromatic N) is 4. The van der Waals surface area contributed by atoms with Gasteiger partial charge in [0.1, 0.15) is 6.33 Å². The van der Waals surface area contributed by atoms with Gasteiger partial charge in [-0.05, 0) is 19.8 Å². The van der Waals surface area contributed by atoms with E-state index in [0.717, 1.165) is 19.1 Å². The molecule has 2 heterocycles. The van der Waals surface area contributed by atoms with E-state index >= 15 is 0 Å². The Morgan fingerprint density at radius 1 is 1.50 bits per heavy atom. The van der Waals surface area contributed by atoms with Crippen molar-refractivity contribution in [1.82, 2.24) is 29.7 Å². The van der Waals surface area contributed by atoms with Gasteiger partial charge in [-0.2, -0.15) is 0 Å². The standard InChI is InChI=1S/C12H22N6O3S/c1-9(11-15-13-8-17(11)2)14-12(19)18-6-4-5-10(7-18)16-22(3,20)21/h8-10,16H,4-7H2,1-3H3,(H,14,19)/t9-,10+/m1/s1. The lowest BCUT2D eigenvalue weighted by Crippen LogP contribution is -2.52. The molecular formula is C12H22N6O3S. The largest absolute Gasteiger partial charge is 0.328 e. The van der Waals surface area contributed by atoms with Crippen molar-refractivity contribution in [2.75, 3.05) is 19.3 Å². The Morgan fingerprint density at radius 2 is 2.23 bits per heavy atom. The normalized spacial score (nSPS) is 20.7. The fourth-order valence-corrected chi connectivity index (χ4v) is 3.38. The van der Waals surface area contributed by atoms with Crippen molar-refractivity contribution in [2.45, 2.75) is 31.8 Å². The van der Waals surface area contributed by atoms with Crippen molar-refractivity contribution in [3.63, 3.8) is 0 Å². The van der Waals surface area contributed by atoms with Crippen molar-refractivity contribution < 1.29 is 13.2 Å². The van der Waals surface area contributed by atoms with Crippen LogP contribution in [-0.2, 0) is 17.1 Å². The molecule has 2 N–H and O–H groups in total. The first-order valence-corrected chi connectivity index (χ1v) is 9.02. The van der Waals surface area contributed by atoms with Gasteiger partial charge in [0.2, 0.25) is 10.0 Å². The summed E-state index contributed by atoms with van der Waals surface area (Å²) in [4.78, 5) is 13.9. The molecule has 0 aliphatic carbocycles. The molecule has 2 atom stereocenters. The summed E-state index contributed by atoms with van der Waals surface area (Å²) < 4.78 is 26.9. The molecule has 22 heavy (non-hydrogen) atoms. The van der Waals surface area contributed by atoms with Crippen LogP contribution in [0.3, 0.4) is 0 Å². The molecular weight excluding hydrogens is 308 g/mol. The van der Waals surface area contributed by atoms with Crippen LogP contribution in [0.1, 0.15) is 31.6 Å². The van der Waals surface area contributed by atoms with Gasteiger partial charge in [-0.3, -0.25) is 0 Å². The van der Waals surface area contributed by atoms with Crippen LogP contribution in [0.5, 0.6) is 0 Å². The molecule has 1 saturated heterocycles. The number of carbonyl (C=O) groups is 1. The third-order valence-corrected chi connectivity index (χ3v) is 4.32. The van der Waals surface area contributed by atoms with Crippen LogP contribution in [0.15, 0.2) is 6.33 Å². The summed E-state index contributed by atoms with van der Waals surface area (Å²) in [5.41, 5.74) is 0. The van der Waals surface area contributed by atoms with Crippen LogP contribution in [0.2, 0.25) is 0 Å². The maximum Gasteiger partial charge on any atom is 0.318 e. The monoisotopic (exact) mass is 330 g/mol. The second-order valence-electron chi connectivity index (χ2n) is 5.65. The molecule has 0 saturated carbocycles. The Balaban J connectivity index is 1.93. The highest BCUT2D eigenvalue weighted by atomic mass is 32.2. The number of hydrogen-bond acceptors (Lipinski definition) is 5. The van der Waals surface area contributed by atoms with Gasteiger partial charge in [0, 0.05) is 26.2 Å². The van der Waals surface area contributed by atoms with E-state index < -0.39 is 10.0 Å². The molecule has 1 aromatic heterocycles. The van der Waals surface area contributed by atoms with E-state index in [1.807, 2.05) is 14.0 Å². The van der Waals surface area contributed by atoms with E-state index in [1.54, 1.807) is 15.8 Å². The molecule has 2 rings (SSSR count). The van der Waals surface area contributed by atoms with Gasteiger partial charge in [-0.1, -0.05) is 0 Å². The van der Waals surface area contributed by atoms with Crippen molar-refractivity contribution in [1.29, 1.82) is 0 Å². The Morgan fingerprint density at radius 3 is 2.82 bits per heavy atom. The Hall–Kier alpha value is -1.68. The topological polar surface area (TPSA) is 109 Å². The zero-order valence-electron chi connectivity index (χ0n) is 13.0. The molecule has 0 aromatic carbocycles. The van der Waals surface area contributed by atoms with Crippen LogP contribution in [0.4, 0.5) is 4.79 Å². The number of aromatic nitrogens is 3.